The van der Waals surface area contributed by atoms with Gasteiger partial charge in [-0.2, -0.15) is 0 Å². The fraction of sp³-hybridized carbons (Fsp3) is 0.278. The van der Waals surface area contributed by atoms with E-state index in [-0.39, 0.29) is 5.91 Å². The van der Waals surface area contributed by atoms with Crippen molar-refractivity contribution in [2.45, 2.75) is 12.3 Å². The van der Waals surface area contributed by atoms with Gasteiger partial charge in [0.05, 0.1) is 12.9 Å². The Morgan fingerprint density at radius 2 is 1.88 bits per heavy atom. The molecule has 0 aliphatic carbocycles. The van der Waals surface area contributed by atoms with E-state index in [1.54, 1.807) is 35.9 Å². The molecule has 0 aromatic heterocycles. The van der Waals surface area contributed by atoms with Gasteiger partial charge < -0.3 is 9.64 Å². The van der Waals surface area contributed by atoms with E-state index in [0.717, 1.165) is 16.9 Å². The number of hydrogen-bond donors (Lipinski definition) is 0. The summed E-state index contributed by atoms with van der Waals surface area (Å²) in [6.45, 7) is 0.574. The lowest BCUT2D eigenvalue weighted by Gasteiger charge is -2.17. The maximum atomic E-state index is 12.2. The molecule has 0 aliphatic rings. The second-order valence-electron chi connectivity index (χ2n) is 5.33. The topological polar surface area (TPSA) is 29.5 Å². The molecule has 24 heavy (non-hydrogen) atoms. The van der Waals surface area contributed by atoms with Crippen LogP contribution in [0.25, 0.3) is 0 Å². The molecule has 0 spiro atoms. The molecule has 0 saturated heterocycles. The lowest BCUT2D eigenvalue weighted by Crippen LogP contribution is -2.27. The van der Waals surface area contributed by atoms with Crippen LogP contribution in [-0.2, 0) is 17.1 Å². The first-order valence-electron chi connectivity index (χ1n) is 7.38. The largest absolute Gasteiger partial charge is 0.497 e. The number of methoxy groups -OCH3 is 1. The number of benzene rings is 2. The van der Waals surface area contributed by atoms with Crippen LogP contribution >= 0.6 is 35.0 Å². The van der Waals surface area contributed by atoms with Crippen LogP contribution in [0.5, 0.6) is 5.75 Å². The van der Waals surface area contributed by atoms with Gasteiger partial charge >= 0.3 is 0 Å². The van der Waals surface area contributed by atoms with Gasteiger partial charge in [0.2, 0.25) is 5.91 Å². The molecule has 6 heteroatoms. The quantitative estimate of drug-likeness (QED) is 0.681. The summed E-state index contributed by atoms with van der Waals surface area (Å²) in [4.78, 5) is 13.9. The number of nitrogens with zero attached hydrogens (tertiary/aromatic N) is 1. The molecule has 0 N–H and O–H groups in total. The van der Waals surface area contributed by atoms with Gasteiger partial charge in [-0.3, -0.25) is 4.79 Å². The van der Waals surface area contributed by atoms with E-state index in [4.69, 9.17) is 27.9 Å². The Hall–Kier alpha value is -1.36. The molecule has 1 amide bonds. The third-order valence-corrected chi connectivity index (χ3v) is 5.06. The minimum atomic E-state index is 0.0842. The van der Waals surface area contributed by atoms with Crippen molar-refractivity contribution in [3.63, 3.8) is 0 Å². The van der Waals surface area contributed by atoms with Gasteiger partial charge in [0.15, 0.2) is 0 Å². The molecule has 2 rings (SSSR count). The lowest BCUT2D eigenvalue weighted by molar-refractivity contribution is -0.127. The Bertz CT molecular complexity index is 692. The molecule has 0 fully saturated rings. The standard InChI is InChI=1S/C18H19Cl2NO2S/c1-21(10-13-3-7-16(23-2)8-4-13)18(22)12-24-11-14-5-6-15(19)9-17(14)20/h3-9H,10-12H2,1-2H3. The number of amides is 1. The monoisotopic (exact) mass is 383 g/mol. The summed E-state index contributed by atoms with van der Waals surface area (Å²) in [5, 5.41) is 1.25. The van der Waals surface area contributed by atoms with Crippen LogP contribution < -0.4 is 4.74 Å². The zero-order chi connectivity index (χ0) is 17.5. The molecule has 2 aromatic carbocycles. The Morgan fingerprint density at radius 3 is 2.50 bits per heavy atom. The summed E-state index contributed by atoms with van der Waals surface area (Å²) >= 11 is 13.6. The SMILES string of the molecule is COc1ccc(CN(C)C(=O)CSCc2ccc(Cl)cc2Cl)cc1. The minimum Gasteiger partial charge on any atom is -0.497 e. The summed E-state index contributed by atoms with van der Waals surface area (Å²) in [7, 11) is 3.44. The van der Waals surface area contributed by atoms with Crippen LogP contribution in [0.1, 0.15) is 11.1 Å². The molecule has 0 unspecified atom stereocenters. The van der Waals surface area contributed by atoms with E-state index in [0.29, 0.717) is 28.1 Å². The van der Waals surface area contributed by atoms with Crippen molar-refractivity contribution in [2.24, 2.45) is 0 Å². The van der Waals surface area contributed by atoms with Gasteiger partial charge in [0, 0.05) is 29.4 Å². The summed E-state index contributed by atoms with van der Waals surface area (Å²) in [5.41, 5.74) is 2.05. The first-order valence-corrected chi connectivity index (χ1v) is 9.29. The van der Waals surface area contributed by atoms with Gasteiger partial charge in [-0.1, -0.05) is 41.4 Å². The van der Waals surface area contributed by atoms with E-state index < -0.39 is 0 Å². The lowest BCUT2D eigenvalue weighted by atomic mass is 10.2. The number of carbonyl (C=O) groups is 1. The van der Waals surface area contributed by atoms with Crippen LogP contribution in [0.3, 0.4) is 0 Å². The smallest absolute Gasteiger partial charge is 0.232 e. The molecule has 0 bridgehead atoms. The van der Waals surface area contributed by atoms with Crippen LogP contribution in [0.2, 0.25) is 10.0 Å². The number of hydrogen-bond acceptors (Lipinski definition) is 3. The average molecular weight is 384 g/mol. The van der Waals surface area contributed by atoms with E-state index in [1.165, 1.54) is 0 Å². The number of halogens is 2. The number of thioether (sulfide) groups is 1. The highest BCUT2D eigenvalue weighted by Gasteiger charge is 2.10. The fourth-order valence-corrected chi connectivity index (χ4v) is 3.61. The third-order valence-electron chi connectivity index (χ3n) is 3.50. The van der Waals surface area contributed by atoms with Crippen molar-refractivity contribution < 1.29 is 9.53 Å². The molecule has 0 saturated carbocycles. The summed E-state index contributed by atoms with van der Waals surface area (Å²) in [6.07, 6.45) is 0. The number of rotatable bonds is 7. The van der Waals surface area contributed by atoms with Crippen LogP contribution in [0, 0.1) is 0 Å². The van der Waals surface area contributed by atoms with E-state index in [2.05, 4.69) is 0 Å². The highest BCUT2D eigenvalue weighted by Crippen LogP contribution is 2.24. The zero-order valence-electron chi connectivity index (χ0n) is 13.6. The minimum absolute atomic E-state index is 0.0842. The number of carbonyl (C=O) groups excluding carboxylic acids is 1. The van der Waals surface area contributed by atoms with Gasteiger partial charge in [-0.15, -0.1) is 11.8 Å². The van der Waals surface area contributed by atoms with Gasteiger partial charge in [0.1, 0.15) is 5.75 Å². The first-order chi connectivity index (χ1) is 11.5. The maximum Gasteiger partial charge on any atom is 0.232 e. The molecule has 128 valence electrons. The highest BCUT2D eigenvalue weighted by atomic mass is 35.5. The summed E-state index contributed by atoms with van der Waals surface area (Å²) in [5.74, 6) is 1.98. The molecule has 0 aliphatic heterocycles. The van der Waals surface area contributed by atoms with Crippen molar-refractivity contribution in [3.8, 4) is 5.75 Å². The summed E-state index contributed by atoms with van der Waals surface area (Å²) < 4.78 is 5.13. The van der Waals surface area contributed by atoms with E-state index >= 15 is 0 Å². The van der Waals surface area contributed by atoms with Gasteiger partial charge in [-0.25, -0.2) is 0 Å². The van der Waals surface area contributed by atoms with E-state index in [1.807, 2.05) is 37.4 Å². The fourth-order valence-electron chi connectivity index (χ4n) is 2.09. The molecule has 0 atom stereocenters. The molecule has 2 aromatic rings. The third kappa shape index (κ3) is 5.62. The molecule has 0 heterocycles. The Kier molecular flexibility index (Phi) is 7.28. The maximum absolute atomic E-state index is 12.2. The summed E-state index contributed by atoms with van der Waals surface area (Å²) in [6, 6.07) is 13.1. The molecule has 3 nitrogen and oxygen atoms in total. The van der Waals surface area contributed by atoms with Crippen LogP contribution in [0.4, 0.5) is 0 Å². The highest BCUT2D eigenvalue weighted by molar-refractivity contribution is 7.99. The second-order valence-corrected chi connectivity index (χ2v) is 7.16. The van der Waals surface area contributed by atoms with Crippen molar-refractivity contribution in [1.82, 2.24) is 4.90 Å². The average Bonchev–Trinajstić information content (AvgIpc) is 2.57. The Balaban J connectivity index is 1.80. The predicted molar refractivity (Wildman–Crippen MR) is 102 cm³/mol. The second kappa shape index (κ2) is 9.21. The Morgan fingerprint density at radius 1 is 1.17 bits per heavy atom. The van der Waals surface area contributed by atoms with Crippen molar-refractivity contribution in [3.05, 3.63) is 63.6 Å². The Labute approximate surface area is 156 Å². The van der Waals surface area contributed by atoms with Crippen LogP contribution in [-0.4, -0.2) is 30.7 Å². The van der Waals surface area contributed by atoms with Crippen molar-refractivity contribution in [1.29, 1.82) is 0 Å². The molecular weight excluding hydrogens is 365 g/mol. The molecule has 0 radical (unpaired) electrons. The van der Waals surface area contributed by atoms with Gasteiger partial charge in [0.25, 0.3) is 0 Å². The normalized spacial score (nSPS) is 10.5. The first kappa shape index (κ1) is 19.0. The number of ether oxygens (including phenoxy) is 1. The van der Waals surface area contributed by atoms with Crippen molar-refractivity contribution >= 4 is 40.9 Å². The zero-order valence-corrected chi connectivity index (χ0v) is 15.9. The molecular formula is C18H19Cl2NO2S. The van der Waals surface area contributed by atoms with Crippen molar-refractivity contribution in [2.75, 3.05) is 19.9 Å². The van der Waals surface area contributed by atoms with E-state index in [9.17, 15) is 4.79 Å². The predicted octanol–water partition coefficient (Wildman–Crippen LogP) is 4.89. The van der Waals surface area contributed by atoms with Gasteiger partial charge in [-0.05, 0) is 35.4 Å². The van der Waals surface area contributed by atoms with Crippen LogP contribution in [0.15, 0.2) is 42.5 Å².